The lowest BCUT2D eigenvalue weighted by atomic mass is 10.0. The molecule has 0 saturated heterocycles. The molecule has 10 nitrogen and oxygen atoms in total. The maximum Gasteiger partial charge on any atom is 0.254 e. The Morgan fingerprint density at radius 2 is 0.904 bits per heavy atom. The van der Waals surface area contributed by atoms with Crippen molar-refractivity contribution in [1.82, 2.24) is 39.5 Å². The average molecular weight is 691 g/mol. The maximum atomic E-state index is 13.8. The highest BCUT2D eigenvalue weighted by Crippen LogP contribution is 2.39. The number of benzene rings is 4. The Morgan fingerprint density at radius 1 is 0.538 bits per heavy atom. The first-order valence-corrected chi connectivity index (χ1v) is 17.8. The summed E-state index contributed by atoms with van der Waals surface area (Å²) in [4.78, 5) is 41.8. The van der Waals surface area contributed by atoms with E-state index in [9.17, 15) is 9.59 Å². The third-order valence-electron chi connectivity index (χ3n) is 10.3. The lowest BCUT2D eigenvalue weighted by Crippen LogP contribution is -2.39. The van der Waals surface area contributed by atoms with Crippen LogP contribution in [0.2, 0.25) is 0 Å². The van der Waals surface area contributed by atoms with Gasteiger partial charge in [-0.1, -0.05) is 72.8 Å². The lowest BCUT2D eigenvalue weighted by molar-refractivity contribution is 0.0940. The second kappa shape index (κ2) is 13.7. The molecule has 4 aromatic carbocycles. The Balaban J connectivity index is 0.870. The van der Waals surface area contributed by atoms with Gasteiger partial charge < -0.3 is 29.6 Å². The number of fused-ring (bicyclic) bond motifs is 8. The van der Waals surface area contributed by atoms with Crippen molar-refractivity contribution in [3.05, 3.63) is 108 Å². The molecular weight excluding hydrogens is 649 g/mol. The number of amides is 2. The predicted molar refractivity (Wildman–Crippen MR) is 209 cm³/mol. The number of aromatic nitrogens is 4. The van der Waals surface area contributed by atoms with E-state index >= 15 is 0 Å². The van der Waals surface area contributed by atoms with Gasteiger partial charge in [-0.25, -0.2) is 9.97 Å². The van der Waals surface area contributed by atoms with Crippen LogP contribution in [0.15, 0.2) is 97.1 Å². The van der Waals surface area contributed by atoms with E-state index in [4.69, 9.17) is 9.97 Å². The first-order chi connectivity index (χ1) is 25.3. The molecule has 0 unspecified atom stereocenters. The molecule has 4 heterocycles. The second-order valence-corrected chi connectivity index (χ2v) is 13.7. The van der Waals surface area contributed by atoms with Gasteiger partial charge in [0, 0.05) is 85.9 Å². The summed E-state index contributed by atoms with van der Waals surface area (Å²) in [5, 5.41) is 10.2. The maximum absolute atomic E-state index is 13.8. The molecule has 2 N–H and O–H groups in total. The number of pyridine rings is 2. The van der Waals surface area contributed by atoms with Crippen LogP contribution in [0.5, 0.6) is 0 Å². The fourth-order valence-corrected chi connectivity index (χ4v) is 7.55. The molecule has 52 heavy (non-hydrogen) atoms. The zero-order valence-electron chi connectivity index (χ0n) is 30.0. The van der Waals surface area contributed by atoms with Gasteiger partial charge in [-0.2, -0.15) is 0 Å². The number of likely N-dealkylation sites (N-methyl/N-ethyl adjacent to an activating group) is 2. The van der Waals surface area contributed by atoms with Gasteiger partial charge in [0.25, 0.3) is 11.8 Å². The molecule has 0 aromatic heterocycles. The zero-order valence-corrected chi connectivity index (χ0v) is 30.0. The molecule has 4 aliphatic rings. The van der Waals surface area contributed by atoms with Crippen molar-refractivity contribution in [2.75, 3.05) is 53.4 Å². The highest BCUT2D eigenvalue weighted by molar-refractivity contribution is 6.16. The van der Waals surface area contributed by atoms with Crippen LogP contribution in [-0.2, 0) is 14.1 Å². The van der Waals surface area contributed by atoms with Gasteiger partial charge in [0.1, 0.15) is 11.4 Å². The SMILES string of the molecule is CN(CCNC(=O)c1c2nc3ccccc3c-2n(C)c2ccccc12)CCN(C)CCNC(=O)c1c2nc3ccccc3c-2n(C)c2ccccc12. The third-order valence-corrected chi connectivity index (χ3v) is 10.3. The Kier molecular flexibility index (Phi) is 8.78. The zero-order chi connectivity index (χ0) is 35.9. The molecule has 4 aliphatic heterocycles. The normalized spacial score (nSPS) is 12.0. The van der Waals surface area contributed by atoms with Crippen LogP contribution in [0.25, 0.3) is 66.4 Å². The predicted octanol–water partition coefficient (Wildman–Crippen LogP) is 6.00. The van der Waals surface area contributed by atoms with E-state index in [0.717, 1.165) is 79.5 Å². The minimum Gasteiger partial charge on any atom is -0.351 e. The van der Waals surface area contributed by atoms with E-state index in [1.165, 1.54) is 0 Å². The highest BCUT2D eigenvalue weighted by atomic mass is 16.2. The number of hydrogen-bond acceptors (Lipinski definition) is 6. The summed E-state index contributed by atoms with van der Waals surface area (Å²) in [7, 11) is 8.19. The minimum atomic E-state index is -0.117. The molecule has 0 fully saturated rings. The average Bonchev–Trinajstić information content (AvgIpc) is 3.74. The van der Waals surface area contributed by atoms with Crippen molar-refractivity contribution in [3.8, 4) is 22.8 Å². The van der Waals surface area contributed by atoms with Crippen molar-refractivity contribution in [1.29, 1.82) is 0 Å². The van der Waals surface area contributed by atoms with Gasteiger partial charge in [-0.3, -0.25) is 9.59 Å². The lowest BCUT2D eigenvalue weighted by Gasteiger charge is -2.23. The first-order valence-electron chi connectivity index (χ1n) is 17.8. The molecule has 262 valence electrons. The monoisotopic (exact) mass is 690 g/mol. The molecule has 0 spiro atoms. The second-order valence-electron chi connectivity index (χ2n) is 13.7. The van der Waals surface area contributed by atoms with Crippen molar-refractivity contribution in [2.45, 2.75) is 0 Å². The Hall–Kier alpha value is -5.84. The summed E-state index contributed by atoms with van der Waals surface area (Å²) < 4.78 is 4.27. The van der Waals surface area contributed by atoms with E-state index in [-0.39, 0.29) is 11.8 Å². The number of carbonyl (C=O) groups excluding carboxylic acids is 2. The Morgan fingerprint density at radius 3 is 1.33 bits per heavy atom. The number of rotatable bonds is 11. The van der Waals surface area contributed by atoms with Gasteiger partial charge >= 0.3 is 0 Å². The van der Waals surface area contributed by atoms with Crippen LogP contribution in [0.4, 0.5) is 0 Å². The van der Waals surface area contributed by atoms with Gasteiger partial charge in [0.15, 0.2) is 0 Å². The quantitative estimate of drug-likeness (QED) is 0.173. The molecule has 0 saturated carbocycles. The van der Waals surface area contributed by atoms with E-state index < -0.39 is 0 Å². The standard InChI is InChI=1S/C42H42N8O2/c1-47(23-21-43-41(51)35-29-15-7-11-19-33(29)49(3)39-27-13-5-9-17-31(27)45-37(35)39)25-26-48(2)24-22-44-42(52)36-30-16-8-12-20-34(30)50(4)40-28-14-6-10-18-32(28)46-38(36)40/h5-20H,21-26H2,1-4H3,(H,43,51)(H,44,52). The Bertz CT molecular complexity index is 2370. The Labute approximate surface area is 302 Å². The van der Waals surface area contributed by atoms with E-state index in [1.54, 1.807) is 0 Å². The first kappa shape index (κ1) is 33.3. The largest absolute Gasteiger partial charge is 0.351 e. The van der Waals surface area contributed by atoms with Crippen LogP contribution >= 0.6 is 0 Å². The van der Waals surface area contributed by atoms with E-state index in [2.05, 4.69) is 55.8 Å². The molecule has 8 rings (SSSR count). The molecule has 4 aromatic rings. The fraction of sp³-hybridized carbons (Fsp3) is 0.238. The van der Waals surface area contributed by atoms with E-state index in [1.807, 2.05) is 99.0 Å². The molecule has 0 bridgehead atoms. The van der Waals surface area contributed by atoms with Crippen molar-refractivity contribution < 1.29 is 9.59 Å². The van der Waals surface area contributed by atoms with Crippen molar-refractivity contribution in [3.63, 3.8) is 0 Å². The summed E-state index contributed by atoms with van der Waals surface area (Å²) in [6.07, 6.45) is 0. The molecule has 0 atom stereocenters. The van der Waals surface area contributed by atoms with Gasteiger partial charge in [0.2, 0.25) is 0 Å². The van der Waals surface area contributed by atoms with Gasteiger partial charge in [-0.05, 0) is 38.4 Å². The van der Waals surface area contributed by atoms with Crippen LogP contribution in [-0.4, -0.2) is 94.1 Å². The van der Waals surface area contributed by atoms with Crippen LogP contribution in [0.1, 0.15) is 20.7 Å². The van der Waals surface area contributed by atoms with Crippen molar-refractivity contribution in [2.24, 2.45) is 14.1 Å². The number of aryl methyl sites for hydroxylation is 2. The summed E-state index contributed by atoms with van der Waals surface area (Å²) in [5.74, 6) is -0.235. The number of nitrogens with one attached hydrogen (secondary N) is 2. The molecule has 0 aliphatic carbocycles. The topological polar surface area (TPSA) is 100 Å². The third kappa shape index (κ3) is 5.79. The molecular formula is C42H42N8O2. The van der Waals surface area contributed by atoms with Gasteiger partial charge in [-0.15, -0.1) is 0 Å². The molecule has 0 radical (unpaired) electrons. The summed E-state index contributed by atoms with van der Waals surface area (Å²) >= 11 is 0. The number of carbonyl (C=O) groups is 2. The van der Waals surface area contributed by atoms with Crippen LogP contribution in [0, 0.1) is 0 Å². The summed E-state index contributed by atoms with van der Waals surface area (Å²) in [6.45, 7) is 4.04. The van der Waals surface area contributed by atoms with Crippen LogP contribution in [0.3, 0.4) is 0 Å². The highest BCUT2D eigenvalue weighted by Gasteiger charge is 2.27. The molecule has 2 amide bonds. The number of hydrogen-bond donors (Lipinski definition) is 2. The summed E-state index contributed by atoms with van der Waals surface area (Å²) in [6, 6.07) is 32.1. The smallest absolute Gasteiger partial charge is 0.254 e. The van der Waals surface area contributed by atoms with Gasteiger partial charge in [0.05, 0.1) is 33.5 Å². The molecule has 10 heteroatoms. The minimum absolute atomic E-state index is 0.117. The number of para-hydroxylation sites is 4. The summed E-state index contributed by atoms with van der Waals surface area (Å²) in [5.41, 5.74) is 8.35. The number of nitrogens with zero attached hydrogens (tertiary/aromatic N) is 6. The fourth-order valence-electron chi connectivity index (χ4n) is 7.55. The van der Waals surface area contributed by atoms with Crippen molar-refractivity contribution >= 4 is 55.4 Å². The van der Waals surface area contributed by atoms with E-state index in [0.29, 0.717) is 37.3 Å². The van der Waals surface area contributed by atoms with Crippen LogP contribution < -0.4 is 10.6 Å².